The summed E-state index contributed by atoms with van der Waals surface area (Å²) in [6.07, 6.45) is 7.62. The van der Waals surface area contributed by atoms with E-state index in [0.717, 1.165) is 44.3 Å². The number of esters is 1. The van der Waals surface area contributed by atoms with E-state index in [1.165, 1.54) is 13.3 Å². The number of carbonyl (C=O) groups excluding carboxylic acids is 3. The Hall–Kier alpha value is -1.52. The third kappa shape index (κ3) is 5.27. The zero-order valence-electron chi connectivity index (χ0n) is 20.2. The lowest BCUT2D eigenvalue weighted by molar-refractivity contribution is -0.165. The molecule has 0 radical (unpaired) electrons. The molecule has 4 fully saturated rings. The van der Waals surface area contributed by atoms with Gasteiger partial charge in [0.2, 0.25) is 0 Å². The minimum atomic E-state index is -3.86. The summed E-state index contributed by atoms with van der Waals surface area (Å²) in [5.41, 5.74) is -0.000463. The van der Waals surface area contributed by atoms with Crippen LogP contribution in [0.25, 0.3) is 0 Å². The first-order valence-electron chi connectivity index (χ1n) is 11.9. The molecule has 0 aromatic heterocycles. The van der Waals surface area contributed by atoms with Gasteiger partial charge in [-0.2, -0.15) is 8.42 Å². The van der Waals surface area contributed by atoms with Crippen LogP contribution in [0, 0.1) is 35.5 Å². The molecule has 7 atom stereocenters. The number of hydrogen-bond donors (Lipinski definition) is 0. The largest absolute Gasteiger partial charge is 0.465 e. The highest BCUT2D eigenvalue weighted by Gasteiger charge is 2.57. The topological polar surface area (TPSA) is 116 Å². The Morgan fingerprint density at radius 1 is 1.18 bits per heavy atom. The van der Waals surface area contributed by atoms with Gasteiger partial charge in [-0.15, -0.1) is 9.35 Å². The molecule has 0 N–H and O–H groups in total. The lowest BCUT2D eigenvalue weighted by Gasteiger charge is -2.36. The van der Waals surface area contributed by atoms with Crippen molar-refractivity contribution in [3.63, 3.8) is 0 Å². The Morgan fingerprint density at radius 2 is 1.88 bits per heavy atom. The number of fused-ring (bicyclic) bond motifs is 3. The number of hydroxylamine groups is 2. The van der Waals surface area contributed by atoms with Crippen LogP contribution in [0.1, 0.15) is 65.7 Å². The monoisotopic (exact) mass is 487 g/mol. The Bertz CT molecular complexity index is 874. The molecule has 9 nitrogen and oxygen atoms in total. The van der Waals surface area contributed by atoms with Gasteiger partial charge >= 0.3 is 5.97 Å². The van der Waals surface area contributed by atoms with Crippen LogP contribution in [-0.2, 0) is 38.3 Å². The maximum Gasteiger partial charge on any atom is 0.302 e. The summed E-state index contributed by atoms with van der Waals surface area (Å²) in [7, 11) is -2.06. The third-order valence-electron chi connectivity index (χ3n) is 8.24. The molecule has 2 amide bonds. The molecule has 4 rings (SSSR count). The van der Waals surface area contributed by atoms with Crippen LogP contribution < -0.4 is 0 Å². The molecule has 1 heterocycles. The summed E-state index contributed by atoms with van der Waals surface area (Å²) in [6.45, 7) is 6.24. The second-order valence-electron chi connectivity index (χ2n) is 10.0. The van der Waals surface area contributed by atoms with Gasteiger partial charge in [0.15, 0.2) is 0 Å². The summed E-state index contributed by atoms with van der Waals surface area (Å²) in [4.78, 5) is 35.0. The van der Waals surface area contributed by atoms with Gasteiger partial charge in [-0.1, -0.05) is 26.7 Å². The normalized spacial score (nSPS) is 37.5. The van der Waals surface area contributed by atoms with Gasteiger partial charge in [-0.05, 0) is 49.9 Å². The summed E-state index contributed by atoms with van der Waals surface area (Å²) in [6, 6.07) is 0. The number of rotatable bonds is 6. The average molecular weight is 488 g/mol. The fraction of sp³-hybridized carbons (Fsp3) is 0.870. The molecule has 0 spiro atoms. The number of methoxy groups -OCH3 is 1. The van der Waals surface area contributed by atoms with E-state index in [1.54, 1.807) is 7.11 Å². The predicted octanol–water partition coefficient (Wildman–Crippen LogP) is 2.69. The highest BCUT2D eigenvalue weighted by molar-refractivity contribution is 7.85. The molecular formula is C23H37NO8S. The third-order valence-corrected chi connectivity index (χ3v) is 8.66. The van der Waals surface area contributed by atoms with Crippen LogP contribution in [0.4, 0.5) is 0 Å². The highest BCUT2D eigenvalue weighted by Crippen LogP contribution is 2.56. The van der Waals surface area contributed by atoms with Crippen LogP contribution in [-0.4, -0.2) is 56.8 Å². The van der Waals surface area contributed by atoms with Crippen LogP contribution in [0.3, 0.4) is 0 Å². The van der Waals surface area contributed by atoms with Gasteiger partial charge in [0.25, 0.3) is 21.9 Å². The van der Waals surface area contributed by atoms with E-state index >= 15 is 0 Å². The summed E-state index contributed by atoms with van der Waals surface area (Å²) in [5, 5.41) is 0.457. The number of nitrogens with zero attached hydrogens (tertiary/aromatic N) is 1. The fourth-order valence-corrected chi connectivity index (χ4v) is 6.94. The lowest BCUT2D eigenvalue weighted by atomic mass is 9.72. The van der Waals surface area contributed by atoms with E-state index in [9.17, 15) is 22.8 Å². The average Bonchev–Trinajstić information content (AvgIpc) is 3.38. The molecule has 3 aliphatic carbocycles. The summed E-state index contributed by atoms with van der Waals surface area (Å²) < 4.78 is 37.5. The second kappa shape index (κ2) is 10.00. The molecule has 0 aromatic carbocycles. The van der Waals surface area contributed by atoms with Crippen molar-refractivity contribution >= 4 is 27.9 Å². The number of imide groups is 1. The van der Waals surface area contributed by atoms with Crippen LogP contribution >= 0.6 is 0 Å². The number of ether oxygens (including phenoxy) is 2. The smallest absolute Gasteiger partial charge is 0.302 e. The number of hydrogen-bond acceptors (Lipinski definition) is 8. The maximum atomic E-state index is 12.1. The first kappa shape index (κ1) is 26.1. The molecule has 2 bridgehead atoms. The highest BCUT2D eigenvalue weighted by atomic mass is 32.2. The van der Waals surface area contributed by atoms with Gasteiger partial charge in [0.1, 0.15) is 0 Å². The van der Waals surface area contributed by atoms with Crippen LogP contribution in [0.5, 0.6) is 0 Å². The summed E-state index contributed by atoms with van der Waals surface area (Å²) in [5.74, 6) is -0.0650. The van der Waals surface area contributed by atoms with E-state index in [4.69, 9.17) is 9.47 Å². The fourth-order valence-electron chi connectivity index (χ4n) is 6.52. The zero-order chi connectivity index (χ0) is 24.6. The molecule has 3 saturated carbocycles. The minimum absolute atomic E-state index is 0.000463. The molecule has 1 saturated heterocycles. The van der Waals surface area contributed by atoms with Crippen molar-refractivity contribution < 1.29 is 36.6 Å². The van der Waals surface area contributed by atoms with Gasteiger partial charge in [-0.25, -0.2) is 0 Å². The first-order chi connectivity index (χ1) is 15.4. The predicted molar refractivity (Wildman–Crippen MR) is 119 cm³/mol. The second-order valence-corrected chi connectivity index (χ2v) is 11.6. The SMILES string of the molecule is CCC1CCCC2C(=O)N(OS(C)(=O)=O)C(=O)C12.COC12CCC(C1)C(C)C2COC(C)=O. The number of amides is 2. The Kier molecular flexibility index (Phi) is 7.90. The zero-order valence-corrected chi connectivity index (χ0v) is 21.1. The molecule has 0 aromatic rings. The Morgan fingerprint density at radius 3 is 2.45 bits per heavy atom. The van der Waals surface area contributed by atoms with Crippen molar-refractivity contribution in [2.45, 2.75) is 71.3 Å². The Labute approximate surface area is 196 Å². The minimum Gasteiger partial charge on any atom is -0.465 e. The van der Waals surface area contributed by atoms with Crippen molar-refractivity contribution in [1.82, 2.24) is 5.06 Å². The molecule has 33 heavy (non-hydrogen) atoms. The molecule has 10 heteroatoms. The van der Waals surface area contributed by atoms with Gasteiger partial charge < -0.3 is 9.47 Å². The summed E-state index contributed by atoms with van der Waals surface area (Å²) >= 11 is 0. The van der Waals surface area contributed by atoms with Gasteiger partial charge in [0.05, 0.1) is 30.3 Å². The lowest BCUT2D eigenvalue weighted by Crippen LogP contribution is -2.40. The molecule has 7 unspecified atom stereocenters. The molecule has 1 aliphatic heterocycles. The van der Waals surface area contributed by atoms with E-state index in [-0.39, 0.29) is 17.5 Å². The first-order valence-corrected chi connectivity index (χ1v) is 13.7. The molecular weight excluding hydrogens is 450 g/mol. The van der Waals surface area contributed by atoms with Crippen LogP contribution in [0.15, 0.2) is 0 Å². The Balaban J connectivity index is 0.000000189. The van der Waals surface area contributed by atoms with Crippen molar-refractivity contribution in [1.29, 1.82) is 0 Å². The molecule has 188 valence electrons. The van der Waals surface area contributed by atoms with Crippen molar-refractivity contribution in [2.24, 2.45) is 35.5 Å². The van der Waals surface area contributed by atoms with Crippen molar-refractivity contribution in [2.75, 3.05) is 20.0 Å². The van der Waals surface area contributed by atoms with E-state index in [1.807, 2.05) is 6.92 Å². The van der Waals surface area contributed by atoms with Crippen LogP contribution in [0.2, 0.25) is 0 Å². The number of carbonyl (C=O) groups is 3. The maximum absolute atomic E-state index is 12.1. The van der Waals surface area contributed by atoms with Gasteiger partial charge in [-0.3, -0.25) is 14.4 Å². The molecule has 4 aliphatic rings. The van der Waals surface area contributed by atoms with Crippen molar-refractivity contribution in [3.8, 4) is 0 Å². The van der Waals surface area contributed by atoms with E-state index < -0.39 is 33.8 Å². The van der Waals surface area contributed by atoms with E-state index in [2.05, 4.69) is 11.2 Å². The standard InChI is InChI=1S/C12H20O3.C11H17NO5S/c1-8-10-4-5-12(6-10,14-3)11(8)7-15-9(2)13;1-3-7-5-4-6-8-9(7)11(14)12(10(8)13)17-18(2,15)16/h8,10-11H,4-7H2,1-3H3;7-9H,3-6H2,1-2H3. The van der Waals surface area contributed by atoms with Crippen molar-refractivity contribution in [3.05, 3.63) is 0 Å². The quantitative estimate of drug-likeness (QED) is 0.415. The van der Waals surface area contributed by atoms with Gasteiger partial charge in [0, 0.05) is 20.0 Å². The van der Waals surface area contributed by atoms with E-state index in [0.29, 0.717) is 29.9 Å².